The standard InChI is InChI=1S/C19H20Cl2N2O3S/c1-13-7-9-23(10-8-13)19(24)14-3-2-4-16(11-14)22-27(25,26)18-12-15(20)5-6-17(18)21/h2-6,11-13,22H,7-10H2,1H3. The van der Waals surface area contributed by atoms with Gasteiger partial charge in [-0.1, -0.05) is 36.2 Å². The van der Waals surface area contributed by atoms with Crippen LogP contribution in [0.3, 0.4) is 0 Å². The van der Waals surface area contributed by atoms with Gasteiger partial charge in [-0.3, -0.25) is 9.52 Å². The fourth-order valence-corrected chi connectivity index (χ4v) is 4.82. The highest BCUT2D eigenvalue weighted by atomic mass is 35.5. The van der Waals surface area contributed by atoms with Crippen LogP contribution in [0.4, 0.5) is 5.69 Å². The zero-order chi connectivity index (χ0) is 19.6. The number of halogens is 2. The largest absolute Gasteiger partial charge is 0.339 e. The van der Waals surface area contributed by atoms with Gasteiger partial charge in [-0.15, -0.1) is 0 Å². The predicted molar refractivity (Wildman–Crippen MR) is 108 cm³/mol. The molecule has 5 nitrogen and oxygen atoms in total. The minimum atomic E-state index is -3.93. The molecule has 0 aliphatic carbocycles. The molecule has 0 unspecified atom stereocenters. The molecule has 0 saturated carbocycles. The van der Waals surface area contributed by atoms with E-state index in [1.165, 1.54) is 24.3 Å². The van der Waals surface area contributed by atoms with Crippen LogP contribution in [0.15, 0.2) is 47.4 Å². The lowest BCUT2D eigenvalue weighted by Crippen LogP contribution is -2.37. The number of sulfonamides is 1. The summed E-state index contributed by atoms with van der Waals surface area (Å²) in [6, 6.07) is 10.7. The fraction of sp³-hybridized carbons (Fsp3) is 0.316. The predicted octanol–water partition coefficient (Wildman–Crippen LogP) is 4.67. The van der Waals surface area contributed by atoms with Gasteiger partial charge in [-0.2, -0.15) is 0 Å². The Morgan fingerprint density at radius 1 is 1.11 bits per heavy atom. The molecule has 8 heteroatoms. The summed E-state index contributed by atoms with van der Waals surface area (Å²) in [5.74, 6) is 0.526. The lowest BCUT2D eigenvalue weighted by molar-refractivity contribution is 0.0697. The number of hydrogen-bond donors (Lipinski definition) is 1. The van der Waals surface area contributed by atoms with Crippen molar-refractivity contribution in [2.75, 3.05) is 17.8 Å². The molecule has 0 spiro atoms. The third-order valence-corrected chi connectivity index (χ3v) is 6.71. The van der Waals surface area contributed by atoms with Gasteiger partial charge in [0.1, 0.15) is 4.90 Å². The molecule has 1 saturated heterocycles. The van der Waals surface area contributed by atoms with Gasteiger partial charge in [0.25, 0.3) is 15.9 Å². The van der Waals surface area contributed by atoms with Gasteiger partial charge in [0, 0.05) is 29.4 Å². The van der Waals surface area contributed by atoms with E-state index in [0.717, 1.165) is 12.8 Å². The number of benzene rings is 2. The smallest absolute Gasteiger partial charge is 0.263 e. The number of nitrogens with one attached hydrogen (secondary N) is 1. The van der Waals surface area contributed by atoms with E-state index in [1.54, 1.807) is 23.1 Å². The van der Waals surface area contributed by atoms with Crippen molar-refractivity contribution >= 4 is 44.8 Å². The van der Waals surface area contributed by atoms with Crippen molar-refractivity contribution in [3.05, 3.63) is 58.1 Å². The van der Waals surface area contributed by atoms with Crippen molar-refractivity contribution < 1.29 is 13.2 Å². The van der Waals surface area contributed by atoms with Crippen LogP contribution in [0.5, 0.6) is 0 Å². The van der Waals surface area contributed by atoms with Crippen molar-refractivity contribution in [3.63, 3.8) is 0 Å². The van der Waals surface area contributed by atoms with Crippen LogP contribution in [-0.4, -0.2) is 32.3 Å². The van der Waals surface area contributed by atoms with Crippen molar-refractivity contribution in [2.45, 2.75) is 24.7 Å². The van der Waals surface area contributed by atoms with E-state index in [2.05, 4.69) is 11.6 Å². The van der Waals surface area contributed by atoms with E-state index in [1.807, 2.05) is 0 Å². The van der Waals surface area contributed by atoms with Crippen LogP contribution >= 0.6 is 23.2 Å². The lowest BCUT2D eigenvalue weighted by atomic mass is 9.98. The highest BCUT2D eigenvalue weighted by Crippen LogP contribution is 2.27. The Morgan fingerprint density at radius 2 is 1.81 bits per heavy atom. The van der Waals surface area contributed by atoms with E-state index >= 15 is 0 Å². The monoisotopic (exact) mass is 426 g/mol. The van der Waals surface area contributed by atoms with Crippen molar-refractivity contribution in [3.8, 4) is 0 Å². The number of amides is 1. The van der Waals surface area contributed by atoms with Crippen molar-refractivity contribution in [2.24, 2.45) is 5.92 Å². The summed E-state index contributed by atoms with van der Waals surface area (Å²) in [5.41, 5.74) is 0.740. The molecule has 1 aliphatic heterocycles. The number of carbonyl (C=O) groups excluding carboxylic acids is 1. The molecule has 0 aromatic heterocycles. The number of anilines is 1. The van der Waals surface area contributed by atoms with Crippen LogP contribution in [0.1, 0.15) is 30.1 Å². The Hall–Kier alpha value is -1.76. The van der Waals surface area contributed by atoms with Crippen molar-refractivity contribution in [1.82, 2.24) is 4.90 Å². The summed E-state index contributed by atoms with van der Waals surface area (Å²) >= 11 is 11.9. The molecule has 2 aromatic carbocycles. The highest BCUT2D eigenvalue weighted by Gasteiger charge is 2.23. The van der Waals surface area contributed by atoms with Gasteiger partial charge in [0.2, 0.25) is 0 Å². The van der Waals surface area contributed by atoms with Gasteiger partial charge < -0.3 is 4.90 Å². The van der Waals surface area contributed by atoms with Crippen LogP contribution in [0.25, 0.3) is 0 Å². The Morgan fingerprint density at radius 3 is 2.52 bits per heavy atom. The number of rotatable bonds is 4. The van der Waals surface area contributed by atoms with Crippen molar-refractivity contribution in [1.29, 1.82) is 0 Å². The molecule has 0 radical (unpaired) electrons. The highest BCUT2D eigenvalue weighted by molar-refractivity contribution is 7.92. The molecular formula is C19H20Cl2N2O3S. The van der Waals surface area contributed by atoms with Gasteiger partial charge in [-0.05, 0) is 55.2 Å². The van der Waals surface area contributed by atoms with Crippen LogP contribution < -0.4 is 4.72 Å². The van der Waals surface area contributed by atoms with Gasteiger partial charge in [0.15, 0.2) is 0 Å². The second-order valence-corrected chi connectivity index (χ2v) is 9.23. The van der Waals surface area contributed by atoms with E-state index < -0.39 is 10.0 Å². The van der Waals surface area contributed by atoms with Crippen LogP contribution in [0.2, 0.25) is 10.0 Å². The molecule has 1 amide bonds. The minimum absolute atomic E-state index is 0.0709. The topological polar surface area (TPSA) is 66.5 Å². The molecule has 3 rings (SSSR count). The molecule has 2 aromatic rings. The quantitative estimate of drug-likeness (QED) is 0.772. The summed E-state index contributed by atoms with van der Waals surface area (Å²) in [4.78, 5) is 14.4. The molecule has 1 heterocycles. The second-order valence-electron chi connectivity index (χ2n) is 6.74. The summed E-state index contributed by atoms with van der Waals surface area (Å²) in [5, 5.41) is 0.338. The second kappa shape index (κ2) is 8.09. The third-order valence-electron chi connectivity index (χ3n) is 4.62. The molecule has 0 atom stereocenters. The molecule has 27 heavy (non-hydrogen) atoms. The number of likely N-dealkylation sites (tertiary alicyclic amines) is 1. The maximum atomic E-state index is 12.7. The van der Waals surface area contributed by atoms with Gasteiger partial charge in [0.05, 0.1) is 5.02 Å². The molecule has 1 aliphatic rings. The fourth-order valence-electron chi connectivity index (χ4n) is 3.00. The zero-order valence-corrected chi connectivity index (χ0v) is 17.1. The first-order valence-electron chi connectivity index (χ1n) is 8.63. The number of hydrogen-bond acceptors (Lipinski definition) is 3. The van der Waals surface area contributed by atoms with Gasteiger partial charge in [-0.25, -0.2) is 8.42 Å². The number of carbonyl (C=O) groups is 1. The Balaban J connectivity index is 1.81. The first kappa shape index (κ1) is 20.0. The number of piperidine rings is 1. The summed E-state index contributed by atoms with van der Waals surface area (Å²) in [6.45, 7) is 3.61. The minimum Gasteiger partial charge on any atom is -0.339 e. The Labute approximate surface area is 169 Å². The average Bonchev–Trinajstić information content (AvgIpc) is 2.63. The maximum Gasteiger partial charge on any atom is 0.263 e. The Kier molecular flexibility index (Phi) is 5.99. The summed E-state index contributed by atoms with van der Waals surface area (Å²) in [7, 11) is -3.93. The third kappa shape index (κ3) is 4.75. The maximum absolute atomic E-state index is 12.7. The van der Waals surface area contributed by atoms with E-state index in [9.17, 15) is 13.2 Å². The molecule has 144 valence electrons. The molecule has 1 fully saturated rings. The van der Waals surface area contributed by atoms with Gasteiger partial charge >= 0.3 is 0 Å². The van der Waals surface area contributed by atoms with Crippen LogP contribution in [0, 0.1) is 5.92 Å². The normalized spacial score (nSPS) is 15.6. The number of nitrogens with zero attached hydrogens (tertiary/aromatic N) is 1. The van der Waals surface area contributed by atoms with E-state index in [4.69, 9.17) is 23.2 Å². The van der Waals surface area contributed by atoms with Crippen LogP contribution in [-0.2, 0) is 10.0 Å². The first-order chi connectivity index (χ1) is 12.8. The Bertz CT molecular complexity index is 955. The lowest BCUT2D eigenvalue weighted by Gasteiger charge is -2.30. The zero-order valence-electron chi connectivity index (χ0n) is 14.8. The summed E-state index contributed by atoms with van der Waals surface area (Å²) < 4.78 is 27.8. The SMILES string of the molecule is CC1CCN(C(=O)c2cccc(NS(=O)(=O)c3cc(Cl)ccc3Cl)c2)CC1. The molecule has 1 N–H and O–H groups in total. The first-order valence-corrected chi connectivity index (χ1v) is 10.9. The molecular weight excluding hydrogens is 407 g/mol. The average molecular weight is 427 g/mol. The summed E-state index contributed by atoms with van der Waals surface area (Å²) in [6.07, 6.45) is 1.96. The van der Waals surface area contributed by atoms with E-state index in [0.29, 0.717) is 30.3 Å². The van der Waals surface area contributed by atoms with E-state index in [-0.39, 0.29) is 20.8 Å². The molecule has 0 bridgehead atoms.